The molecule has 0 bridgehead atoms. The number of imidazole rings is 1. The first-order chi connectivity index (χ1) is 25.8. The molecule has 0 aliphatic carbocycles. The van der Waals surface area contributed by atoms with Crippen LogP contribution in [0.25, 0.3) is 81.3 Å². The second-order valence-corrected chi connectivity index (χ2v) is 25.7. The van der Waals surface area contributed by atoms with E-state index in [1.807, 2.05) is 72.9 Å². The summed E-state index contributed by atoms with van der Waals surface area (Å²) in [6.45, 7) is 0. The number of aromatic nitrogens is 4. The van der Waals surface area contributed by atoms with E-state index in [1.165, 1.54) is 15.8 Å². The van der Waals surface area contributed by atoms with Gasteiger partial charge >= 0.3 is 99.8 Å². The molecule has 10 rings (SSSR count). The standard InChI is InChI=1S/C32H17FN3S.C14H16GeN.Ir/c33-25-13-7-15-26-24(25)18-23-21-11-6-12-22(30(21)37-32(23)35-26)31-34-27-14-3-4-16-29(27)36(31)28-17-5-9-19-8-1-2-10-20(19)28;1-15(2,3)13-9-10-14(16-11-13)12-7-5-4-6-8-12;/h1-11,13-18H;4-7,9-11H,1-3H3;/q2*-1;. The molecule has 54 heavy (non-hydrogen) atoms. The van der Waals surface area contributed by atoms with Gasteiger partial charge in [0.2, 0.25) is 0 Å². The van der Waals surface area contributed by atoms with Crippen LogP contribution in [0.4, 0.5) is 4.39 Å². The molecule has 0 saturated heterocycles. The molecule has 0 saturated carbocycles. The van der Waals surface area contributed by atoms with E-state index >= 15 is 0 Å². The van der Waals surface area contributed by atoms with Crippen molar-refractivity contribution < 1.29 is 24.5 Å². The smallest absolute Gasteiger partial charge is 0 e. The molecule has 0 fully saturated rings. The van der Waals surface area contributed by atoms with Crippen LogP contribution in [0.2, 0.25) is 17.3 Å². The predicted molar refractivity (Wildman–Crippen MR) is 222 cm³/mol. The van der Waals surface area contributed by atoms with E-state index in [0.29, 0.717) is 10.9 Å². The Morgan fingerprint density at radius 2 is 1.44 bits per heavy atom. The van der Waals surface area contributed by atoms with Crippen LogP contribution in [0.15, 0.2) is 146 Å². The summed E-state index contributed by atoms with van der Waals surface area (Å²) in [6, 6.07) is 52.9. The van der Waals surface area contributed by atoms with E-state index in [9.17, 15) is 4.39 Å². The van der Waals surface area contributed by atoms with Crippen molar-refractivity contribution in [2.45, 2.75) is 17.3 Å². The zero-order valence-corrected chi connectivity index (χ0v) is 35.1. The molecule has 0 aliphatic rings. The van der Waals surface area contributed by atoms with Crippen LogP contribution in [-0.4, -0.2) is 32.8 Å². The van der Waals surface area contributed by atoms with Crippen LogP contribution in [0.1, 0.15) is 0 Å². The Hall–Kier alpha value is -5.05. The molecule has 265 valence electrons. The maximum absolute atomic E-state index is 14.6. The van der Waals surface area contributed by atoms with Gasteiger partial charge in [-0.3, -0.25) is 4.98 Å². The molecule has 10 aromatic rings. The van der Waals surface area contributed by atoms with Crippen molar-refractivity contribution >= 4 is 82.0 Å². The van der Waals surface area contributed by atoms with Crippen molar-refractivity contribution in [1.82, 2.24) is 19.5 Å². The van der Waals surface area contributed by atoms with Crippen LogP contribution < -0.4 is 4.40 Å². The minimum atomic E-state index is -1.72. The van der Waals surface area contributed by atoms with Gasteiger partial charge in [-0.25, -0.2) is 9.37 Å². The van der Waals surface area contributed by atoms with Gasteiger partial charge in [-0.1, -0.05) is 65.5 Å². The second kappa shape index (κ2) is 14.6. The van der Waals surface area contributed by atoms with E-state index in [1.54, 1.807) is 17.4 Å². The molecule has 0 N–H and O–H groups in total. The molecular formula is C46H33FGeIrN4S-2. The number of fused-ring (bicyclic) bond motifs is 6. The summed E-state index contributed by atoms with van der Waals surface area (Å²) < 4.78 is 19.3. The zero-order chi connectivity index (χ0) is 36.1. The quantitative estimate of drug-likeness (QED) is 0.130. The number of nitrogens with zero attached hydrogens (tertiary/aromatic N) is 4. The minimum absolute atomic E-state index is 0. The summed E-state index contributed by atoms with van der Waals surface area (Å²) in [7, 11) is 0. The Morgan fingerprint density at radius 3 is 2.26 bits per heavy atom. The summed E-state index contributed by atoms with van der Waals surface area (Å²) >= 11 is -0.113. The number of halogens is 1. The molecule has 6 aromatic carbocycles. The Balaban J connectivity index is 0.000000206. The molecule has 8 heteroatoms. The maximum atomic E-state index is 14.6. The van der Waals surface area contributed by atoms with Crippen molar-refractivity contribution in [1.29, 1.82) is 0 Å². The third-order valence-electron chi connectivity index (χ3n) is 9.62. The Morgan fingerprint density at radius 1 is 0.667 bits per heavy atom. The van der Waals surface area contributed by atoms with E-state index in [2.05, 4.69) is 99.6 Å². The van der Waals surface area contributed by atoms with Crippen LogP contribution in [0.5, 0.6) is 0 Å². The largest absolute Gasteiger partial charge is 0 e. The predicted octanol–water partition coefficient (Wildman–Crippen LogP) is 11.8. The molecule has 0 unspecified atom stereocenters. The van der Waals surface area contributed by atoms with Gasteiger partial charge in [0.05, 0.1) is 22.4 Å². The zero-order valence-electron chi connectivity index (χ0n) is 29.8. The second-order valence-electron chi connectivity index (χ2n) is 14.1. The number of benzene rings is 6. The van der Waals surface area contributed by atoms with E-state index in [-0.39, 0.29) is 25.9 Å². The van der Waals surface area contributed by atoms with Gasteiger partial charge in [0.1, 0.15) is 10.6 Å². The van der Waals surface area contributed by atoms with Gasteiger partial charge < -0.3 is 4.57 Å². The number of rotatable bonds is 4. The normalized spacial score (nSPS) is 11.6. The van der Waals surface area contributed by atoms with Gasteiger partial charge in [-0.15, -0.1) is 18.2 Å². The van der Waals surface area contributed by atoms with Crippen LogP contribution in [0, 0.1) is 17.9 Å². The van der Waals surface area contributed by atoms with Gasteiger partial charge in [0, 0.05) is 42.0 Å². The number of thiophene rings is 1. The monoisotopic (exact) mass is 959 g/mol. The van der Waals surface area contributed by atoms with Crippen molar-refractivity contribution in [3.63, 3.8) is 0 Å². The molecule has 0 amide bonds. The van der Waals surface area contributed by atoms with Gasteiger partial charge in [-0.05, 0) is 46.5 Å². The van der Waals surface area contributed by atoms with E-state index < -0.39 is 13.3 Å². The molecule has 4 heterocycles. The fourth-order valence-corrected chi connectivity index (χ4v) is 10.2. The number of hydrogen-bond donors (Lipinski definition) is 0. The first kappa shape index (κ1) is 36.0. The van der Waals surface area contributed by atoms with Gasteiger partial charge in [0.15, 0.2) is 0 Å². The summed E-state index contributed by atoms with van der Waals surface area (Å²) in [4.78, 5) is 15.3. The van der Waals surface area contributed by atoms with Gasteiger partial charge in [-0.2, -0.15) is 11.3 Å². The Kier molecular flexibility index (Phi) is 9.75. The average molecular weight is 958 g/mol. The summed E-state index contributed by atoms with van der Waals surface area (Å²) in [6.07, 6.45) is 2.04. The number of hydrogen-bond acceptors (Lipinski definition) is 4. The topological polar surface area (TPSA) is 43.6 Å². The first-order valence-electron chi connectivity index (χ1n) is 17.6. The molecule has 4 aromatic heterocycles. The molecular weight excluding hydrogens is 924 g/mol. The summed E-state index contributed by atoms with van der Waals surface area (Å²) in [5, 5.41) is 4.84. The summed E-state index contributed by atoms with van der Waals surface area (Å²) in [5.41, 5.74) is 6.67. The van der Waals surface area contributed by atoms with Crippen LogP contribution in [0.3, 0.4) is 0 Å². The van der Waals surface area contributed by atoms with Crippen molar-refractivity contribution in [3.05, 3.63) is 164 Å². The third-order valence-corrected chi connectivity index (χ3v) is 15.0. The fourth-order valence-electron chi connectivity index (χ4n) is 6.87. The molecule has 0 aliphatic heterocycles. The maximum Gasteiger partial charge on any atom is 0 e. The van der Waals surface area contributed by atoms with E-state index in [4.69, 9.17) is 9.97 Å². The fraction of sp³-hybridized carbons (Fsp3) is 0.0652. The van der Waals surface area contributed by atoms with Crippen molar-refractivity contribution in [2.24, 2.45) is 0 Å². The van der Waals surface area contributed by atoms with E-state index in [0.717, 1.165) is 65.1 Å². The first-order valence-corrected chi connectivity index (χ1v) is 25.7. The molecule has 0 spiro atoms. The Labute approximate surface area is 333 Å². The van der Waals surface area contributed by atoms with Crippen molar-refractivity contribution in [3.8, 4) is 28.3 Å². The Bertz CT molecular complexity index is 2950. The van der Waals surface area contributed by atoms with Crippen LogP contribution in [-0.2, 0) is 20.1 Å². The third kappa shape index (κ3) is 6.56. The number of pyridine rings is 2. The molecule has 0 atom stereocenters. The van der Waals surface area contributed by atoms with Crippen LogP contribution >= 0.6 is 11.3 Å². The SMILES string of the molecule is Fc1cccc2nc3sc4c(-c5nc6ccccc6n5-c5cccc6ccccc56)[c-]ccc4c3cc12.[CH3][Ge]([CH3])([CH3])[c]1ccc(-c2[c-]cccc2)nc1.[Ir]. The number of para-hydroxylation sites is 2. The minimum Gasteiger partial charge on any atom is 0 e. The van der Waals surface area contributed by atoms with Crippen molar-refractivity contribution in [2.75, 3.05) is 0 Å². The van der Waals surface area contributed by atoms with Gasteiger partial charge in [0.25, 0.3) is 0 Å². The molecule has 1 radical (unpaired) electrons. The average Bonchev–Trinajstić information content (AvgIpc) is 3.76. The molecule has 4 nitrogen and oxygen atoms in total. The summed E-state index contributed by atoms with van der Waals surface area (Å²) in [5.74, 6) is 7.71.